The molecule has 3 heteroatoms. The average molecular weight is 428 g/mol. The Labute approximate surface area is 151 Å². The zero-order chi connectivity index (χ0) is 15.8. The highest BCUT2D eigenvalue weighted by Crippen LogP contribution is 2.31. The van der Waals surface area contributed by atoms with Gasteiger partial charge in [-0.3, -0.25) is 0 Å². The molecule has 0 amide bonds. The summed E-state index contributed by atoms with van der Waals surface area (Å²) in [5.74, 6) is 0.896. The van der Waals surface area contributed by atoms with E-state index in [9.17, 15) is 0 Å². The molecule has 4 aromatic rings. The molecule has 0 aliphatic carbocycles. The van der Waals surface area contributed by atoms with E-state index >= 15 is 0 Å². The van der Waals surface area contributed by atoms with Gasteiger partial charge in [0.15, 0.2) is 0 Å². The van der Waals surface area contributed by atoms with Crippen LogP contribution >= 0.6 is 31.9 Å². The van der Waals surface area contributed by atoms with Gasteiger partial charge in [0, 0.05) is 19.9 Å². The highest BCUT2D eigenvalue weighted by atomic mass is 79.9. The van der Waals surface area contributed by atoms with Crippen LogP contribution in [0.4, 0.5) is 0 Å². The van der Waals surface area contributed by atoms with E-state index in [-0.39, 0.29) is 0 Å². The van der Waals surface area contributed by atoms with Crippen LogP contribution in [0.3, 0.4) is 0 Å². The molecule has 112 valence electrons. The van der Waals surface area contributed by atoms with E-state index in [1.54, 1.807) is 0 Å². The molecular formula is C20H12Br2O. The number of hydrogen-bond acceptors (Lipinski definition) is 1. The summed E-state index contributed by atoms with van der Waals surface area (Å²) in [4.78, 5) is 0. The number of benzene rings is 3. The summed E-state index contributed by atoms with van der Waals surface area (Å²) < 4.78 is 8.04. The van der Waals surface area contributed by atoms with Crippen LogP contribution in [0.1, 0.15) is 0 Å². The molecule has 1 aromatic heterocycles. The van der Waals surface area contributed by atoms with Crippen molar-refractivity contribution in [1.29, 1.82) is 0 Å². The highest BCUT2D eigenvalue weighted by Gasteiger charge is 2.07. The maximum absolute atomic E-state index is 5.92. The van der Waals surface area contributed by atoms with Crippen LogP contribution in [0.5, 0.6) is 0 Å². The summed E-state index contributed by atoms with van der Waals surface area (Å²) in [6.45, 7) is 0. The van der Waals surface area contributed by atoms with Gasteiger partial charge in [-0.1, -0.05) is 74.3 Å². The van der Waals surface area contributed by atoms with Gasteiger partial charge < -0.3 is 4.42 Å². The van der Waals surface area contributed by atoms with E-state index in [1.807, 2.05) is 24.3 Å². The zero-order valence-electron chi connectivity index (χ0n) is 12.1. The van der Waals surface area contributed by atoms with Crippen molar-refractivity contribution in [3.05, 3.63) is 81.7 Å². The van der Waals surface area contributed by atoms with Crippen molar-refractivity contribution in [2.24, 2.45) is 0 Å². The predicted molar refractivity (Wildman–Crippen MR) is 102 cm³/mol. The molecule has 0 aliphatic heterocycles. The first-order valence-electron chi connectivity index (χ1n) is 7.24. The van der Waals surface area contributed by atoms with Crippen LogP contribution in [-0.2, 0) is 0 Å². The van der Waals surface area contributed by atoms with Crippen molar-refractivity contribution >= 4 is 42.8 Å². The molecule has 1 nitrogen and oxygen atoms in total. The monoisotopic (exact) mass is 426 g/mol. The fraction of sp³-hybridized carbons (Fsp3) is 0. The number of rotatable bonds is 2. The molecule has 0 bridgehead atoms. The molecular weight excluding hydrogens is 416 g/mol. The topological polar surface area (TPSA) is 13.1 Å². The highest BCUT2D eigenvalue weighted by molar-refractivity contribution is 9.11. The molecule has 0 saturated heterocycles. The molecule has 0 saturated carbocycles. The number of hydrogen-bond donors (Lipinski definition) is 0. The van der Waals surface area contributed by atoms with Gasteiger partial charge in [0.25, 0.3) is 0 Å². The maximum Gasteiger partial charge on any atom is 0.135 e. The van der Waals surface area contributed by atoms with E-state index < -0.39 is 0 Å². The first kappa shape index (κ1) is 14.7. The fourth-order valence-corrected chi connectivity index (χ4v) is 3.97. The quantitative estimate of drug-likeness (QED) is 0.327. The van der Waals surface area contributed by atoms with Crippen molar-refractivity contribution in [3.8, 4) is 22.5 Å². The summed E-state index contributed by atoms with van der Waals surface area (Å²) in [7, 11) is 0. The first-order valence-corrected chi connectivity index (χ1v) is 8.83. The zero-order valence-corrected chi connectivity index (χ0v) is 15.3. The van der Waals surface area contributed by atoms with Gasteiger partial charge in [0.2, 0.25) is 0 Å². The van der Waals surface area contributed by atoms with Gasteiger partial charge in [-0.25, -0.2) is 0 Å². The summed E-state index contributed by atoms with van der Waals surface area (Å²) in [5.41, 5.74) is 4.34. The van der Waals surface area contributed by atoms with Gasteiger partial charge in [-0.05, 0) is 41.5 Å². The Morgan fingerprint density at radius 2 is 1.26 bits per heavy atom. The molecule has 0 unspecified atom stereocenters. The van der Waals surface area contributed by atoms with Gasteiger partial charge in [0.1, 0.15) is 11.3 Å². The van der Waals surface area contributed by atoms with E-state index in [2.05, 4.69) is 80.4 Å². The average Bonchev–Trinajstić information content (AvgIpc) is 2.98. The van der Waals surface area contributed by atoms with Crippen LogP contribution in [0.25, 0.3) is 33.4 Å². The summed E-state index contributed by atoms with van der Waals surface area (Å²) in [6, 6.07) is 24.9. The Morgan fingerprint density at radius 1 is 0.609 bits per heavy atom. The Bertz CT molecular complexity index is 931. The maximum atomic E-state index is 5.92. The SMILES string of the molecule is Brc1cc(Br)cc(-c2ccc(-c3cc4ccccc4o3)cc2)c1. The molecule has 1 heterocycles. The molecule has 0 fully saturated rings. The molecule has 4 rings (SSSR count). The van der Waals surface area contributed by atoms with Gasteiger partial charge in [-0.15, -0.1) is 0 Å². The van der Waals surface area contributed by atoms with Crippen molar-refractivity contribution in [1.82, 2.24) is 0 Å². The smallest absolute Gasteiger partial charge is 0.135 e. The van der Waals surface area contributed by atoms with Gasteiger partial charge in [-0.2, -0.15) is 0 Å². The van der Waals surface area contributed by atoms with Crippen LogP contribution in [0.2, 0.25) is 0 Å². The molecule has 0 radical (unpaired) electrons. The second-order valence-electron chi connectivity index (χ2n) is 5.38. The summed E-state index contributed by atoms with van der Waals surface area (Å²) >= 11 is 7.07. The summed E-state index contributed by atoms with van der Waals surface area (Å²) in [6.07, 6.45) is 0. The van der Waals surface area contributed by atoms with Crippen molar-refractivity contribution in [2.45, 2.75) is 0 Å². The van der Waals surface area contributed by atoms with Gasteiger partial charge >= 0.3 is 0 Å². The second kappa shape index (κ2) is 5.99. The third kappa shape index (κ3) is 2.99. The molecule has 0 aliphatic rings. The lowest BCUT2D eigenvalue weighted by molar-refractivity contribution is 0.631. The van der Waals surface area contributed by atoms with Crippen LogP contribution in [0.15, 0.2) is 86.2 Å². The fourth-order valence-electron chi connectivity index (χ4n) is 2.67. The molecule has 0 spiro atoms. The van der Waals surface area contributed by atoms with E-state index in [0.29, 0.717) is 0 Å². The van der Waals surface area contributed by atoms with E-state index in [4.69, 9.17) is 4.42 Å². The van der Waals surface area contributed by atoms with Crippen molar-refractivity contribution in [3.63, 3.8) is 0 Å². The Kier molecular flexibility index (Phi) is 3.83. The minimum Gasteiger partial charge on any atom is -0.456 e. The third-order valence-corrected chi connectivity index (χ3v) is 4.71. The van der Waals surface area contributed by atoms with Gasteiger partial charge in [0.05, 0.1) is 0 Å². The first-order chi connectivity index (χ1) is 11.2. The Morgan fingerprint density at radius 3 is 1.96 bits per heavy atom. The van der Waals surface area contributed by atoms with Crippen molar-refractivity contribution in [2.75, 3.05) is 0 Å². The largest absolute Gasteiger partial charge is 0.456 e. The minimum atomic E-state index is 0.896. The van der Waals surface area contributed by atoms with Crippen LogP contribution in [-0.4, -0.2) is 0 Å². The number of fused-ring (bicyclic) bond motifs is 1. The molecule has 0 atom stereocenters. The summed E-state index contributed by atoms with van der Waals surface area (Å²) in [5, 5.41) is 1.13. The molecule has 0 N–H and O–H groups in total. The standard InChI is InChI=1S/C20H12Br2O/c21-17-9-16(10-18(22)12-17)13-5-7-14(8-6-13)20-11-15-3-1-2-4-19(15)23-20/h1-12H. The van der Waals surface area contributed by atoms with Crippen LogP contribution in [0, 0.1) is 0 Å². The molecule has 23 heavy (non-hydrogen) atoms. The number of para-hydroxylation sites is 1. The van der Waals surface area contributed by atoms with Crippen LogP contribution < -0.4 is 0 Å². The number of furan rings is 1. The normalized spacial score (nSPS) is 11.0. The lowest BCUT2D eigenvalue weighted by Gasteiger charge is -2.05. The lowest BCUT2D eigenvalue weighted by atomic mass is 10.0. The minimum absolute atomic E-state index is 0.896. The Hall–Kier alpha value is -1.84. The van der Waals surface area contributed by atoms with Crippen molar-refractivity contribution < 1.29 is 4.42 Å². The van der Waals surface area contributed by atoms with E-state index in [1.165, 1.54) is 11.1 Å². The number of halogens is 2. The van der Waals surface area contributed by atoms with E-state index in [0.717, 1.165) is 31.2 Å². The molecule has 3 aromatic carbocycles. The Balaban J connectivity index is 1.72. The lowest BCUT2D eigenvalue weighted by Crippen LogP contribution is -1.80. The second-order valence-corrected chi connectivity index (χ2v) is 7.22. The third-order valence-electron chi connectivity index (χ3n) is 3.79. The predicted octanol–water partition coefficient (Wildman–Crippen LogP) is 7.29.